The second-order valence-electron chi connectivity index (χ2n) is 4.91. The summed E-state index contributed by atoms with van der Waals surface area (Å²) in [7, 11) is 0. The predicted molar refractivity (Wildman–Crippen MR) is 81.1 cm³/mol. The van der Waals surface area contributed by atoms with Crippen LogP contribution >= 0.6 is 0 Å². The number of ketones is 1. The fourth-order valence-corrected chi connectivity index (χ4v) is 2.33. The minimum Gasteiger partial charge on any atom is -0.354 e. The van der Waals surface area contributed by atoms with Gasteiger partial charge in [-0.25, -0.2) is 31.5 Å². The van der Waals surface area contributed by atoms with Crippen molar-refractivity contribution in [3.05, 3.63) is 41.5 Å². The molecule has 0 heterocycles. The third-order valence-corrected chi connectivity index (χ3v) is 3.57. The van der Waals surface area contributed by atoms with Gasteiger partial charge >= 0.3 is 0 Å². The van der Waals surface area contributed by atoms with Gasteiger partial charge in [-0.05, 0) is 0 Å². The summed E-state index contributed by atoms with van der Waals surface area (Å²) in [6, 6.07) is 6.49. The Bertz CT molecular complexity index is 805. The molecule has 0 aromatic heterocycles. The van der Waals surface area contributed by atoms with Crippen molar-refractivity contribution in [2.45, 2.75) is 5.79 Å². The molecule has 0 aliphatic heterocycles. The van der Waals surface area contributed by atoms with Crippen LogP contribution in [0, 0.1) is 0 Å². The largest absolute Gasteiger partial charge is 0.354 e. The molecular weight excluding hydrogens is 392 g/mol. The molecule has 0 aliphatic rings. The van der Waals surface area contributed by atoms with E-state index in [1.165, 1.54) is 18.2 Å². The standard InChI is InChI=1S/C14H12O14/c15-13(14(16,28-22)6-4-2-1-3-5-6)7-8(23-17)10(25-19)12(27-21)11(26-20)9(7)24-18/h1-5,16-22H. The average molecular weight is 404 g/mol. The molecule has 7 N–H and O–H groups in total. The SMILES string of the molecule is O=C(c1c(OO)c(OO)c(OO)c(OO)c1OO)C(O)(OO)c1ccccc1. The Kier molecular flexibility index (Phi) is 6.52. The van der Waals surface area contributed by atoms with Crippen LogP contribution in [0.3, 0.4) is 0 Å². The zero-order chi connectivity index (χ0) is 20.9. The Hall–Kier alpha value is -3.21. The molecule has 14 nitrogen and oxygen atoms in total. The minimum absolute atomic E-state index is 0.351. The van der Waals surface area contributed by atoms with Crippen LogP contribution in [0.1, 0.15) is 15.9 Å². The van der Waals surface area contributed by atoms with Crippen molar-refractivity contribution in [2.75, 3.05) is 0 Å². The normalized spacial score (nSPS) is 12.7. The highest BCUT2D eigenvalue weighted by atomic mass is 17.2. The van der Waals surface area contributed by atoms with Gasteiger partial charge < -0.3 is 29.5 Å². The molecule has 2 rings (SSSR count). The van der Waals surface area contributed by atoms with Crippen LogP contribution < -0.4 is 24.4 Å². The molecule has 2 aromatic carbocycles. The third kappa shape index (κ3) is 3.24. The quantitative estimate of drug-likeness (QED) is 0.136. The number of Topliss-reactive ketones (excluding diaryl/α,β-unsaturated/α-hetero) is 1. The van der Waals surface area contributed by atoms with E-state index in [0.717, 1.165) is 12.1 Å². The topological polar surface area (TPSA) is 214 Å². The summed E-state index contributed by atoms with van der Waals surface area (Å²) in [4.78, 5) is 35.9. The molecule has 0 spiro atoms. The fourth-order valence-electron chi connectivity index (χ4n) is 2.33. The highest BCUT2D eigenvalue weighted by Crippen LogP contribution is 2.54. The van der Waals surface area contributed by atoms with Crippen LogP contribution in [0.25, 0.3) is 0 Å². The summed E-state index contributed by atoms with van der Waals surface area (Å²) in [5.74, 6) is -10.9. The summed E-state index contributed by atoms with van der Waals surface area (Å²) in [5.41, 5.74) is -1.56. The molecule has 0 saturated carbocycles. The van der Waals surface area contributed by atoms with Crippen molar-refractivity contribution in [1.29, 1.82) is 0 Å². The Balaban J connectivity index is 2.88. The molecule has 2 aromatic rings. The van der Waals surface area contributed by atoms with Crippen LogP contribution in [0.5, 0.6) is 28.7 Å². The van der Waals surface area contributed by atoms with Gasteiger partial charge in [-0.1, -0.05) is 30.3 Å². The second-order valence-corrected chi connectivity index (χ2v) is 4.91. The summed E-state index contributed by atoms with van der Waals surface area (Å²) in [5, 5.41) is 64.6. The zero-order valence-electron chi connectivity index (χ0n) is 13.4. The van der Waals surface area contributed by atoms with E-state index in [-0.39, 0.29) is 5.56 Å². The number of rotatable bonds is 9. The van der Waals surface area contributed by atoms with Crippen LogP contribution in [0.2, 0.25) is 0 Å². The van der Waals surface area contributed by atoms with Crippen molar-refractivity contribution in [3.8, 4) is 28.7 Å². The van der Waals surface area contributed by atoms with Crippen molar-refractivity contribution >= 4 is 5.78 Å². The van der Waals surface area contributed by atoms with Gasteiger partial charge in [-0.15, -0.1) is 0 Å². The van der Waals surface area contributed by atoms with E-state index in [1.807, 2.05) is 0 Å². The van der Waals surface area contributed by atoms with E-state index in [4.69, 9.17) is 31.5 Å². The monoisotopic (exact) mass is 404 g/mol. The molecule has 1 unspecified atom stereocenters. The van der Waals surface area contributed by atoms with E-state index in [1.54, 1.807) is 0 Å². The maximum Gasteiger partial charge on any atom is 0.289 e. The molecule has 152 valence electrons. The maximum atomic E-state index is 12.9. The van der Waals surface area contributed by atoms with E-state index in [0.29, 0.717) is 0 Å². The van der Waals surface area contributed by atoms with Gasteiger partial charge in [0.25, 0.3) is 23.0 Å². The van der Waals surface area contributed by atoms with Gasteiger partial charge in [0, 0.05) is 5.56 Å². The lowest BCUT2D eigenvalue weighted by molar-refractivity contribution is -0.375. The first-order chi connectivity index (χ1) is 13.4. The number of hydrogen-bond donors (Lipinski definition) is 7. The molecule has 0 radical (unpaired) electrons. The number of carbonyl (C=O) groups is 1. The Morgan fingerprint density at radius 2 is 1.07 bits per heavy atom. The number of benzene rings is 2. The number of hydrogen-bond acceptors (Lipinski definition) is 14. The van der Waals surface area contributed by atoms with E-state index in [2.05, 4.69) is 29.3 Å². The smallest absolute Gasteiger partial charge is 0.289 e. The zero-order valence-corrected chi connectivity index (χ0v) is 13.4. The van der Waals surface area contributed by atoms with Gasteiger partial charge in [0.05, 0.1) is 0 Å². The van der Waals surface area contributed by atoms with E-state index in [9.17, 15) is 9.90 Å². The average Bonchev–Trinajstić information content (AvgIpc) is 2.76. The molecule has 0 bridgehead atoms. The van der Waals surface area contributed by atoms with Gasteiger partial charge in [0.15, 0.2) is 0 Å². The molecule has 28 heavy (non-hydrogen) atoms. The Morgan fingerprint density at radius 1 is 0.679 bits per heavy atom. The molecule has 1 atom stereocenters. The first-order valence-corrected chi connectivity index (χ1v) is 6.91. The predicted octanol–water partition coefficient (Wildman–Crippen LogP) is 1.46. The van der Waals surface area contributed by atoms with Gasteiger partial charge in [0.2, 0.25) is 17.3 Å². The van der Waals surface area contributed by atoms with E-state index < -0.39 is 45.9 Å². The minimum atomic E-state index is -3.19. The van der Waals surface area contributed by atoms with Crippen LogP contribution in [0.15, 0.2) is 30.3 Å². The first kappa shape index (κ1) is 21.1. The highest BCUT2D eigenvalue weighted by Gasteiger charge is 2.47. The maximum absolute atomic E-state index is 12.9. The molecule has 0 saturated heterocycles. The lowest BCUT2D eigenvalue weighted by Crippen LogP contribution is -2.38. The summed E-state index contributed by atoms with van der Waals surface area (Å²) in [6.07, 6.45) is 0. The van der Waals surface area contributed by atoms with Crippen LogP contribution in [0.4, 0.5) is 0 Å². The van der Waals surface area contributed by atoms with Crippen LogP contribution in [-0.4, -0.2) is 42.4 Å². The summed E-state index contributed by atoms with van der Waals surface area (Å²) < 4.78 is 0. The first-order valence-electron chi connectivity index (χ1n) is 6.91. The highest BCUT2D eigenvalue weighted by molar-refractivity contribution is 6.08. The Labute approximate surface area is 153 Å². The van der Waals surface area contributed by atoms with Gasteiger partial charge in [-0.3, -0.25) is 4.79 Å². The lowest BCUT2D eigenvalue weighted by atomic mass is 9.94. The second kappa shape index (κ2) is 8.65. The molecule has 0 aliphatic carbocycles. The third-order valence-electron chi connectivity index (χ3n) is 3.57. The molecule has 0 amide bonds. The summed E-state index contributed by atoms with van der Waals surface area (Å²) in [6.45, 7) is 0. The lowest BCUT2D eigenvalue weighted by Gasteiger charge is -2.25. The van der Waals surface area contributed by atoms with Crippen molar-refractivity contribution in [2.24, 2.45) is 0 Å². The van der Waals surface area contributed by atoms with Crippen molar-refractivity contribution in [3.63, 3.8) is 0 Å². The molecular formula is C14H12O14. The van der Waals surface area contributed by atoms with E-state index >= 15 is 0 Å². The molecule has 0 fully saturated rings. The van der Waals surface area contributed by atoms with Gasteiger partial charge in [-0.2, -0.15) is 4.89 Å². The summed E-state index contributed by atoms with van der Waals surface area (Å²) >= 11 is 0. The number of aliphatic hydroxyl groups is 1. The molecule has 14 heteroatoms. The number of carbonyl (C=O) groups excluding carboxylic acids is 1. The van der Waals surface area contributed by atoms with Crippen LogP contribution in [-0.2, 0) is 10.7 Å². The van der Waals surface area contributed by atoms with Gasteiger partial charge in [0.1, 0.15) is 5.56 Å². The fraction of sp³-hybridized carbons (Fsp3) is 0.0714. The Morgan fingerprint density at radius 3 is 1.43 bits per heavy atom. The van der Waals surface area contributed by atoms with Crippen molar-refractivity contribution < 1.29 is 70.8 Å². The van der Waals surface area contributed by atoms with Crippen molar-refractivity contribution in [1.82, 2.24) is 0 Å².